The third-order valence-electron chi connectivity index (χ3n) is 15.6. The van der Waals surface area contributed by atoms with Gasteiger partial charge >= 0.3 is 18.2 Å². The van der Waals surface area contributed by atoms with Gasteiger partial charge < -0.3 is 48.5 Å². The van der Waals surface area contributed by atoms with Crippen LogP contribution in [0, 0.1) is 0 Å². The summed E-state index contributed by atoms with van der Waals surface area (Å²) in [5, 5.41) is 24.7. The molecule has 4 N–H and O–H groups in total. The molecule has 0 saturated carbocycles. The number of aryl methyl sites for hydroxylation is 1. The molecule has 4 heterocycles. The van der Waals surface area contributed by atoms with E-state index in [0.29, 0.717) is 101 Å². The maximum atomic E-state index is 16.1. The first-order chi connectivity index (χ1) is 38.3. The number of piperazine rings is 1. The number of methoxy groups -OCH3 is 1. The summed E-state index contributed by atoms with van der Waals surface area (Å²) < 4.78 is 58.7. The Morgan fingerprint density at radius 3 is 2.15 bits per heavy atom. The number of halogens is 2. The SMILES string of the molecule is CCn1c(-c2cc(N3CCN(C(=O)OCc4ccccc4)CC3)cnc2[C@H](C)OC)c(CC(F)(F)CO)c2cc(-c3cc(C[C@H](NC(=O)OC(C)(C)C)C(=O)N4CCC[C@@H](C(=O)O)N4)cc(O[Si](C(C)C)(C(C)C)C(C)C)c3)ccc21. The van der Waals surface area contributed by atoms with Gasteiger partial charge in [-0.25, -0.2) is 23.8 Å². The van der Waals surface area contributed by atoms with Gasteiger partial charge in [-0.2, -0.15) is 0 Å². The monoisotopic (exact) mass is 1140 g/mol. The Balaban J connectivity index is 1.36. The number of hydrazine groups is 1. The summed E-state index contributed by atoms with van der Waals surface area (Å²) in [6.07, 6.45) is -0.177. The van der Waals surface area contributed by atoms with Crippen molar-refractivity contribution in [3.63, 3.8) is 0 Å². The fourth-order valence-electron chi connectivity index (χ4n) is 11.7. The number of pyridine rings is 1. The molecular weight excluding hydrogens is 1060 g/mol. The van der Waals surface area contributed by atoms with Gasteiger partial charge in [0.2, 0.25) is 0 Å². The Hall–Kier alpha value is -6.61. The zero-order valence-corrected chi connectivity index (χ0v) is 50.1. The van der Waals surface area contributed by atoms with E-state index in [-0.39, 0.29) is 36.2 Å². The van der Waals surface area contributed by atoms with E-state index in [0.717, 1.165) is 11.3 Å². The summed E-state index contributed by atoms with van der Waals surface area (Å²) >= 11 is 0. The Bertz CT molecular complexity index is 2990. The number of alkyl halides is 2. The highest BCUT2D eigenvalue weighted by atomic mass is 28.4. The number of amides is 3. The number of aliphatic carboxylic acids is 1. The molecule has 440 valence electrons. The number of nitrogens with one attached hydrogen (secondary N) is 2. The van der Waals surface area contributed by atoms with Crippen molar-refractivity contribution in [2.75, 3.05) is 51.3 Å². The first-order valence-corrected chi connectivity index (χ1v) is 30.4. The number of nitrogens with zero attached hydrogens (tertiary/aromatic N) is 5. The van der Waals surface area contributed by atoms with E-state index in [1.807, 2.05) is 91.2 Å². The van der Waals surface area contributed by atoms with Gasteiger partial charge in [0, 0.05) is 75.7 Å². The molecule has 2 aliphatic heterocycles. The molecule has 5 aromatic rings. The number of carboxylic acids is 1. The maximum Gasteiger partial charge on any atom is 0.410 e. The lowest BCUT2D eigenvalue weighted by Gasteiger charge is -2.42. The van der Waals surface area contributed by atoms with Crippen LogP contribution in [0.5, 0.6) is 5.75 Å². The highest BCUT2D eigenvalue weighted by Gasteiger charge is 2.47. The second-order valence-corrected chi connectivity index (χ2v) is 28.7. The molecule has 81 heavy (non-hydrogen) atoms. The molecular formula is C61H83F2N7O10Si. The molecule has 0 spiro atoms. The predicted molar refractivity (Wildman–Crippen MR) is 312 cm³/mol. The summed E-state index contributed by atoms with van der Waals surface area (Å²) in [7, 11) is -1.08. The summed E-state index contributed by atoms with van der Waals surface area (Å²) in [6, 6.07) is 20.6. The van der Waals surface area contributed by atoms with Crippen molar-refractivity contribution < 1.29 is 56.8 Å². The number of aliphatic hydroxyl groups is 1. The number of carboxylic acid groups (broad SMARTS) is 1. The highest BCUT2D eigenvalue weighted by molar-refractivity contribution is 6.78. The van der Waals surface area contributed by atoms with Crippen LogP contribution in [-0.4, -0.2) is 132 Å². The normalized spacial score (nSPS) is 16.3. The van der Waals surface area contributed by atoms with Crippen LogP contribution < -0.4 is 20.1 Å². The van der Waals surface area contributed by atoms with Gasteiger partial charge in [0.25, 0.3) is 20.1 Å². The Kier molecular flexibility index (Phi) is 20.0. The van der Waals surface area contributed by atoms with Gasteiger partial charge in [-0.1, -0.05) is 84.0 Å². The van der Waals surface area contributed by atoms with Crippen molar-refractivity contribution >= 4 is 49.0 Å². The zero-order chi connectivity index (χ0) is 59.1. The quantitative estimate of drug-likeness (QED) is 0.0507. The molecule has 2 fully saturated rings. The Morgan fingerprint density at radius 2 is 1.54 bits per heavy atom. The van der Waals surface area contributed by atoms with Gasteiger partial charge in [-0.15, -0.1) is 0 Å². The van der Waals surface area contributed by atoms with Crippen LogP contribution in [0.2, 0.25) is 16.6 Å². The molecule has 0 aliphatic carbocycles. The smallest absolute Gasteiger partial charge is 0.410 e. The van der Waals surface area contributed by atoms with E-state index in [4.69, 9.17) is 23.6 Å². The van der Waals surface area contributed by atoms with Gasteiger partial charge in [0.05, 0.1) is 29.4 Å². The molecule has 3 aromatic carbocycles. The number of ether oxygens (including phenoxy) is 3. The van der Waals surface area contributed by atoms with Crippen molar-refractivity contribution in [3.05, 3.63) is 101 Å². The molecule has 17 nitrogen and oxygen atoms in total. The maximum absolute atomic E-state index is 16.1. The van der Waals surface area contributed by atoms with Gasteiger partial charge in [0.15, 0.2) is 0 Å². The van der Waals surface area contributed by atoms with Crippen molar-refractivity contribution in [1.29, 1.82) is 0 Å². The first kappa shape index (κ1) is 62.0. The minimum atomic E-state index is -3.53. The number of aromatic nitrogens is 2. The van der Waals surface area contributed by atoms with Crippen molar-refractivity contribution in [1.82, 2.24) is 30.2 Å². The second kappa shape index (κ2) is 26.1. The van der Waals surface area contributed by atoms with Crippen molar-refractivity contribution in [3.8, 4) is 28.1 Å². The number of fused-ring (bicyclic) bond motifs is 1. The van der Waals surface area contributed by atoms with E-state index in [9.17, 15) is 29.4 Å². The van der Waals surface area contributed by atoms with Crippen LogP contribution in [0.15, 0.2) is 79.0 Å². The molecule has 20 heteroatoms. The summed E-state index contributed by atoms with van der Waals surface area (Å²) in [5.41, 5.74) is 8.57. The predicted octanol–water partition coefficient (Wildman–Crippen LogP) is 11.3. The number of carbonyl (C=O) groups is 4. The van der Waals surface area contributed by atoms with Crippen LogP contribution in [0.1, 0.15) is 117 Å². The number of benzene rings is 3. The molecule has 0 radical (unpaired) electrons. The van der Waals surface area contributed by atoms with Crippen LogP contribution in [-0.2, 0) is 49.8 Å². The van der Waals surface area contributed by atoms with E-state index in [1.54, 1.807) is 39.0 Å². The minimum Gasteiger partial charge on any atom is -0.543 e. The number of hydrogen-bond donors (Lipinski definition) is 4. The van der Waals surface area contributed by atoms with Gasteiger partial charge in [-0.3, -0.25) is 19.6 Å². The number of rotatable bonds is 21. The zero-order valence-electron chi connectivity index (χ0n) is 49.1. The number of anilines is 1. The van der Waals surface area contributed by atoms with Crippen LogP contribution >= 0.6 is 0 Å². The van der Waals surface area contributed by atoms with Crippen LogP contribution in [0.3, 0.4) is 0 Å². The summed E-state index contributed by atoms with van der Waals surface area (Å²) in [5.74, 6) is -4.65. The molecule has 0 unspecified atom stereocenters. The minimum absolute atomic E-state index is 0.0540. The average molecular weight is 1140 g/mol. The van der Waals surface area contributed by atoms with Gasteiger partial charge in [0.1, 0.15) is 36.6 Å². The van der Waals surface area contributed by atoms with Crippen LogP contribution in [0.4, 0.5) is 24.1 Å². The Labute approximate surface area is 476 Å². The van der Waals surface area contributed by atoms with Crippen LogP contribution in [0.25, 0.3) is 33.3 Å². The lowest BCUT2D eigenvalue weighted by molar-refractivity contribution is -0.147. The van der Waals surface area contributed by atoms with Gasteiger partial charge in [-0.05, 0) is 122 Å². The number of aliphatic hydroxyl groups excluding tert-OH is 1. The standard InChI is InChI=1S/C61H83F2N7O10Si/c1-13-69-53-22-21-44(45-28-43(29-47(31-45)80-81(38(2)3,39(4)5)40(6)7)30-52(65-58(75)79-60(9,10)11)56(72)70-23-17-20-51(66-70)57(73)74)32-48(53)50(34-61(62,63)37-71)55(69)49-33-46(35-64-54(49)41(8)77-12)67-24-26-68(27-25-67)59(76)78-36-42-18-15-14-16-19-42/h14-16,18-19,21-22,28-29,31-33,35,38-41,51-52,66,71H,13,17,20,23-27,30,34,36-37H2,1-12H3,(H,65,75)(H,73,74)/t41-,51-,52-/m0/s1. The molecule has 2 aliphatic rings. The lowest BCUT2D eigenvalue weighted by atomic mass is 9.94. The van der Waals surface area contributed by atoms with Crippen molar-refractivity contribution in [2.24, 2.45) is 0 Å². The Morgan fingerprint density at radius 1 is 0.864 bits per heavy atom. The summed E-state index contributed by atoms with van der Waals surface area (Å²) in [6.45, 7) is 23.1. The number of hydrogen-bond acceptors (Lipinski definition) is 12. The summed E-state index contributed by atoms with van der Waals surface area (Å²) in [4.78, 5) is 62.1. The topological polar surface area (TPSA) is 197 Å². The molecule has 0 bridgehead atoms. The lowest BCUT2D eigenvalue weighted by Crippen LogP contribution is -2.60. The molecule has 2 aromatic heterocycles. The molecule has 7 rings (SSSR count). The van der Waals surface area contributed by atoms with Crippen molar-refractivity contribution in [2.45, 2.75) is 161 Å². The van der Waals surface area contributed by atoms with E-state index >= 15 is 8.78 Å². The van der Waals surface area contributed by atoms with E-state index in [2.05, 4.69) is 57.2 Å². The molecule has 2 saturated heterocycles. The molecule has 3 atom stereocenters. The number of alkyl carbamates (subject to hydrolysis) is 1. The largest absolute Gasteiger partial charge is 0.543 e. The average Bonchev–Trinajstić information content (AvgIpc) is 4.03. The van der Waals surface area contributed by atoms with E-state index < -0.39 is 75.1 Å². The molecule has 3 amide bonds. The second-order valence-electron chi connectivity index (χ2n) is 23.4. The fourth-order valence-corrected chi connectivity index (χ4v) is 16.9. The highest BCUT2D eigenvalue weighted by Crippen LogP contribution is 2.46. The van der Waals surface area contributed by atoms with E-state index in [1.165, 1.54) is 5.01 Å². The third kappa shape index (κ3) is 14.5. The first-order valence-electron chi connectivity index (χ1n) is 28.3. The fraction of sp³-hybridized carbons (Fsp3) is 0.525. The number of carbonyl (C=O) groups excluding carboxylic acids is 3. The third-order valence-corrected chi connectivity index (χ3v) is 21.6.